The summed E-state index contributed by atoms with van der Waals surface area (Å²) in [5.41, 5.74) is 0.616. The highest BCUT2D eigenvalue weighted by Gasteiger charge is 2.19. The molecule has 1 aromatic rings. The number of rotatable bonds is 2. The maximum absolute atomic E-state index is 13.6. The van der Waals surface area contributed by atoms with Gasteiger partial charge < -0.3 is 0 Å². The topological polar surface area (TPSA) is 3.24 Å². The van der Waals surface area contributed by atoms with Crippen LogP contribution in [0.2, 0.25) is 5.02 Å². The second-order valence-electron chi connectivity index (χ2n) is 4.17. The van der Waals surface area contributed by atoms with Gasteiger partial charge >= 0.3 is 0 Å². The first-order valence-electron chi connectivity index (χ1n) is 5.46. The second-order valence-corrected chi connectivity index (χ2v) is 5.88. The van der Waals surface area contributed by atoms with Crippen LogP contribution in [0.5, 0.6) is 0 Å². The summed E-state index contributed by atoms with van der Waals surface area (Å²) in [6.07, 6.45) is 2.35. The van der Waals surface area contributed by atoms with Gasteiger partial charge in [0.15, 0.2) is 0 Å². The molecular formula is C12H14BrClFN. The van der Waals surface area contributed by atoms with Crippen molar-refractivity contribution >= 4 is 27.5 Å². The molecule has 0 aliphatic carbocycles. The molecule has 0 N–H and O–H groups in total. The molecule has 0 aromatic heterocycles. The van der Waals surface area contributed by atoms with Crippen molar-refractivity contribution in [3.8, 4) is 0 Å². The van der Waals surface area contributed by atoms with Crippen LogP contribution >= 0.6 is 27.5 Å². The number of hydrogen-bond donors (Lipinski definition) is 0. The lowest BCUT2D eigenvalue weighted by Crippen LogP contribution is -2.35. The third-order valence-electron chi connectivity index (χ3n) is 2.89. The first-order chi connectivity index (χ1) is 7.66. The van der Waals surface area contributed by atoms with Crippen molar-refractivity contribution in [3.63, 3.8) is 0 Å². The first kappa shape index (κ1) is 12.3. The van der Waals surface area contributed by atoms with E-state index in [4.69, 9.17) is 11.6 Å². The van der Waals surface area contributed by atoms with Crippen molar-refractivity contribution < 1.29 is 4.39 Å². The van der Waals surface area contributed by atoms with Crippen LogP contribution < -0.4 is 0 Å². The summed E-state index contributed by atoms with van der Waals surface area (Å²) in [7, 11) is 0. The van der Waals surface area contributed by atoms with Gasteiger partial charge in [0, 0.05) is 28.5 Å². The maximum atomic E-state index is 13.6. The van der Waals surface area contributed by atoms with Gasteiger partial charge in [-0.15, -0.1) is 0 Å². The average molecular weight is 307 g/mol. The molecule has 0 amide bonds. The molecule has 1 fully saturated rings. The molecule has 1 aliphatic heterocycles. The van der Waals surface area contributed by atoms with Gasteiger partial charge in [0.1, 0.15) is 5.82 Å². The monoisotopic (exact) mass is 305 g/mol. The van der Waals surface area contributed by atoms with Gasteiger partial charge in [-0.3, -0.25) is 4.90 Å². The number of halogens is 3. The van der Waals surface area contributed by atoms with Crippen molar-refractivity contribution in [1.82, 2.24) is 4.90 Å². The molecule has 1 heterocycles. The highest BCUT2D eigenvalue weighted by molar-refractivity contribution is 9.09. The SMILES string of the molecule is Fc1cccc(Cl)c1CN1CCCC(Br)C1. The minimum absolute atomic E-state index is 0.204. The Balaban J connectivity index is 2.08. The molecule has 88 valence electrons. The summed E-state index contributed by atoms with van der Waals surface area (Å²) in [6.45, 7) is 2.59. The van der Waals surface area contributed by atoms with Crippen molar-refractivity contribution in [2.24, 2.45) is 0 Å². The predicted molar refractivity (Wildman–Crippen MR) is 68.6 cm³/mol. The lowest BCUT2D eigenvalue weighted by atomic mass is 10.1. The van der Waals surface area contributed by atoms with Crippen LogP contribution in [-0.2, 0) is 6.54 Å². The van der Waals surface area contributed by atoms with Gasteiger partial charge in [0.05, 0.1) is 0 Å². The summed E-state index contributed by atoms with van der Waals surface area (Å²) in [4.78, 5) is 2.76. The predicted octanol–water partition coefficient (Wildman–Crippen LogP) is 3.84. The van der Waals surface area contributed by atoms with Gasteiger partial charge in [0.25, 0.3) is 0 Å². The van der Waals surface area contributed by atoms with Crippen molar-refractivity contribution in [3.05, 3.63) is 34.6 Å². The Morgan fingerprint density at radius 3 is 3.00 bits per heavy atom. The highest BCUT2D eigenvalue weighted by Crippen LogP contribution is 2.24. The third-order valence-corrected chi connectivity index (χ3v) is 3.99. The maximum Gasteiger partial charge on any atom is 0.129 e. The zero-order chi connectivity index (χ0) is 11.5. The van der Waals surface area contributed by atoms with E-state index >= 15 is 0 Å². The van der Waals surface area contributed by atoms with E-state index in [0.717, 1.165) is 19.5 Å². The van der Waals surface area contributed by atoms with E-state index < -0.39 is 0 Å². The molecule has 0 radical (unpaired) electrons. The average Bonchev–Trinajstić information content (AvgIpc) is 2.24. The van der Waals surface area contributed by atoms with Crippen molar-refractivity contribution in [2.75, 3.05) is 13.1 Å². The molecule has 2 rings (SSSR count). The van der Waals surface area contributed by atoms with Gasteiger partial charge in [-0.05, 0) is 31.5 Å². The quantitative estimate of drug-likeness (QED) is 0.751. The van der Waals surface area contributed by atoms with Crippen molar-refractivity contribution in [2.45, 2.75) is 24.2 Å². The van der Waals surface area contributed by atoms with Crippen LogP contribution in [0.1, 0.15) is 18.4 Å². The van der Waals surface area contributed by atoms with Gasteiger partial charge in [-0.2, -0.15) is 0 Å². The van der Waals surface area contributed by atoms with Crippen LogP contribution in [0.25, 0.3) is 0 Å². The van der Waals surface area contributed by atoms with Crippen LogP contribution in [-0.4, -0.2) is 22.8 Å². The van der Waals surface area contributed by atoms with Gasteiger partial charge in [0.2, 0.25) is 0 Å². The fraction of sp³-hybridized carbons (Fsp3) is 0.500. The summed E-state index contributed by atoms with van der Waals surface area (Å²) in [6, 6.07) is 4.86. The molecular weight excluding hydrogens is 292 g/mol. The molecule has 0 bridgehead atoms. The third kappa shape index (κ3) is 2.96. The van der Waals surface area contributed by atoms with E-state index in [9.17, 15) is 4.39 Å². The Hall–Kier alpha value is -0.120. The minimum atomic E-state index is -0.204. The molecule has 0 saturated carbocycles. The lowest BCUT2D eigenvalue weighted by molar-refractivity contribution is 0.225. The van der Waals surface area contributed by atoms with Crippen molar-refractivity contribution in [1.29, 1.82) is 0 Å². The number of alkyl halides is 1. The van der Waals surface area contributed by atoms with Crippen LogP contribution in [0.3, 0.4) is 0 Å². The molecule has 1 aromatic carbocycles. The van der Waals surface area contributed by atoms with Crippen LogP contribution in [0.4, 0.5) is 4.39 Å². The Morgan fingerprint density at radius 1 is 1.50 bits per heavy atom. The number of nitrogens with zero attached hydrogens (tertiary/aromatic N) is 1. The molecule has 4 heteroatoms. The zero-order valence-corrected chi connectivity index (χ0v) is 11.3. The standard InChI is InChI=1S/C12H14BrClFN/c13-9-3-2-6-16(7-9)8-10-11(14)4-1-5-12(10)15/h1,4-5,9H,2-3,6-8H2. The van der Waals surface area contributed by atoms with Crippen LogP contribution in [0, 0.1) is 5.82 Å². The zero-order valence-electron chi connectivity index (χ0n) is 8.93. The van der Waals surface area contributed by atoms with E-state index in [1.165, 1.54) is 12.5 Å². The number of hydrogen-bond acceptors (Lipinski definition) is 1. The summed E-state index contributed by atoms with van der Waals surface area (Å²) in [5.74, 6) is -0.204. The van der Waals surface area contributed by atoms with E-state index in [-0.39, 0.29) is 5.82 Å². The summed E-state index contributed by atoms with van der Waals surface area (Å²) >= 11 is 9.62. The number of likely N-dealkylation sites (tertiary alicyclic amines) is 1. The lowest BCUT2D eigenvalue weighted by Gasteiger charge is -2.30. The van der Waals surface area contributed by atoms with Gasteiger partial charge in [-0.1, -0.05) is 33.6 Å². The van der Waals surface area contributed by atoms with E-state index in [1.54, 1.807) is 12.1 Å². The minimum Gasteiger partial charge on any atom is -0.298 e. The highest BCUT2D eigenvalue weighted by atomic mass is 79.9. The number of piperidine rings is 1. The van der Waals surface area contributed by atoms with E-state index in [1.807, 2.05) is 0 Å². The second kappa shape index (κ2) is 5.48. The summed E-state index contributed by atoms with van der Waals surface area (Å²) < 4.78 is 13.6. The molecule has 1 unspecified atom stereocenters. The normalized spacial score (nSPS) is 22.3. The molecule has 1 saturated heterocycles. The first-order valence-corrected chi connectivity index (χ1v) is 6.75. The smallest absolute Gasteiger partial charge is 0.129 e. The molecule has 0 spiro atoms. The Bertz CT molecular complexity index is 352. The largest absolute Gasteiger partial charge is 0.298 e. The van der Waals surface area contributed by atoms with Gasteiger partial charge in [-0.25, -0.2) is 4.39 Å². The summed E-state index contributed by atoms with van der Waals surface area (Å²) in [5, 5.41) is 0.525. The van der Waals surface area contributed by atoms with Crippen LogP contribution in [0.15, 0.2) is 18.2 Å². The van der Waals surface area contributed by atoms with E-state index in [0.29, 0.717) is 22.0 Å². The molecule has 1 nitrogen and oxygen atoms in total. The molecule has 16 heavy (non-hydrogen) atoms. The molecule has 1 atom stereocenters. The van der Waals surface area contributed by atoms with E-state index in [2.05, 4.69) is 20.8 Å². The number of benzene rings is 1. The fourth-order valence-electron chi connectivity index (χ4n) is 2.05. The molecule has 1 aliphatic rings. The Kier molecular flexibility index (Phi) is 4.22. The fourth-order valence-corrected chi connectivity index (χ4v) is 3.01. The Morgan fingerprint density at radius 2 is 2.31 bits per heavy atom. The Labute approximate surface area is 109 Å².